The van der Waals surface area contributed by atoms with Crippen LogP contribution in [0.5, 0.6) is 5.75 Å². The molecule has 0 saturated carbocycles. The summed E-state index contributed by atoms with van der Waals surface area (Å²) in [5.41, 5.74) is 2.69. The van der Waals surface area contributed by atoms with Crippen molar-refractivity contribution in [2.45, 2.75) is 13.0 Å². The lowest BCUT2D eigenvalue weighted by Gasteiger charge is -2.37. The molecule has 2 amide bonds. The lowest BCUT2D eigenvalue weighted by atomic mass is 10.1. The normalized spacial score (nSPS) is 17.6. The van der Waals surface area contributed by atoms with Gasteiger partial charge in [-0.1, -0.05) is 23.7 Å². The van der Waals surface area contributed by atoms with Gasteiger partial charge in [-0.25, -0.2) is 0 Å². The number of nitro benzene ring substituents is 1. The van der Waals surface area contributed by atoms with E-state index >= 15 is 0 Å². The highest BCUT2D eigenvalue weighted by Gasteiger charge is 2.38. The van der Waals surface area contributed by atoms with Crippen molar-refractivity contribution in [2.24, 2.45) is 5.92 Å². The van der Waals surface area contributed by atoms with Gasteiger partial charge in [0.15, 0.2) is 0 Å². The second-order valence-electron chi connectivity index (χ2n) is 9.40. The molecule has 9 nitrogen and oxygen atoms in total. The van der Waals surface area contributed by atoms with Crippen molar-refractivity contribution in [2.75, 3.05) is 42.5 Å². The predicted molar refractivity (Wildman–Crippen MR) is 145 cm³/mol. The van der Waals surface area contributed by atoms with Crippen LogP contribution in [0.15, 0.2) is 72.8 Å². The summed E-state index contributed by atoms with van der Waals surface area (Å²) in [7, 11) is 0. The number of carbonyl (C=O) groups is 2. The van der Waals surface area contributed by atoms with Crippen molar-refractivity contribution < 1.29 is 19.2 Å². The minimum absolute atomic E-state index is 0.00730. The number of non-ortho nitro benzene ring substituents is 1. The molecule has 5 rings (SSSR count). The van der Waals surface area contributed by atoms with Crippen LogP contribution in [0.1, 0.15) is 12.0 Å². The summed E-state index contributed by atoms with van der Waals surface area (Å²) in [6.07, 6.45) is 0.191. The van der Waals surface area contributed by atoms with Gasteiger partial charge in [-0.3, -0.25) is 19.7 Å². The zero-order chi connectivity index (χ0) is 26.6. The first-order chi connectivity index (χ1) is 18.4. The molecule has 0 unspecified atom stereocenters. The highest BCUT2D eigenvalue weighted by atomic mass is 35.5. The first-order valence-corrected chi connectivity index (χ1v) is 12.8. The van der Waals surface area contributed by atoms with Crippen LogP contribution >= 0.6 is 11.6 Å². The summed E-state index contributed by atoms with van der Waals surface area (Å²) in [5, 5.41) is 11.6. The Labute approximate surface area is 225 Å². The average Bonchev–Trinajstić information content (AvgIpc) is 3.34. The fourth-order valence-electron chi connectivity index (χ4n) is 4.82. The van der Waals surface area contributed by atoms with Crippen LogP contribution in [0.4, 0.5) is 17.1 Å². The molecule has 0 radical (unpaired) electrons. The average molecular weight is 535 g/mol. The third kappa shape index (κ3) is 5.73. The molecule has 3 aromatic carbocycles. The van der Waals surface area contributed by atoms with Gasteiger partial charge < -0.3 is 19.4 Å². The molecule has 2 fully saturated rings. The van der Waals surface area contributed by atoms with Gasteiger partial charge in [-0.2, -0.15) is 0 Å². The predicted octanol–water partition coefficient (Wildman–Crippen LogP) is 4.53. The van der Waals surface area contributed by atoms with Gasteiger partial charge in [0.1, 0.15) is 12.4 Å². The monoisotopic (exact) mass is 534 g/mol. The Morgan fingerprint density at radius 2 is 1.55 bits per heavy atom. The van der Waals surface area contributed by atoms with E-state index in [0.29, 0.717) is 50.1 Å². The van der Waals surface area contributed by atoms with Crippen LogP contribution in [0, 0.1) is 16.0 Å². The Morgan fingerprint density at radius 1 is 0.921 bits per heavy atom. The van der Waals surface area contributed by atoms with Gasteiger partial charge >= 0.3 is 0 Å². The van der Waals surface area contributed by atoms with E-state index < -0.39 is 4.92 Å². The smallest absolute Gasteiger partial charge is 0.269 e. The summed E-state index contributed by atoms with van der Waals surface area (Å²) in [4.78, 5) is 42.0. The number of piperazine rings is 1. The molecule has 10 heteroatoms. The number of rotatable bonds is 7. The number of nitrogens with zero attached hydrogens (tertiary/aromatic N) is 4. The molecular weight excluding hydrogens is 508 g/mol. The Bertz CT molecular complexity index is 1310. The molecule has 0 aromatic heterocycles. The molecule has 0 aliphatic carbocycles. The van der Waals surface area contributed by atoms with Crippen molar-refractivity contribution in [3.63, 3.8) is 0 Å². The van der Waals surface area contributed by atoms with E-state index in [4.69, 9.17) is 16.3 Å². The van der Waals surface area contributed by atoms with Crippen LogP contribution in [0.2, 0.25) is 5.02 Å². The SMILES string of the molecule is O=C([C@@H]1CC(=O)N(c2ccc(OCc3ccc(Cl)cc3)cc2)C1)N1CCN(c2ccc([N+](=O)[O-])cc2)CC1. The largest absolute Gasteiger partial charge is 0.489 e. The van der Waals surface area contributed by atoms with Gasteiger partial charge in [-0.05, 0) is 54.1 Å². The second kappa shape index (κ2) is 11.1. The number of carbonyl (C=O) groups excluding carboxylic acids is 2. The maximum absolute atomic E-state index is 13.2. The molecule has 0 spiro atoms. The van der Waals surface area contributed by atoms with E-state index in [1.54, 1.807) is 17.0 Å². The lowest BCUT2D eigenvalue weighted by Crippen LogP contribution is -2.50. The van der Waals surface area contributed by atoms with Crippen molar-refractivity contribution in [1.29, 1.82) is 0 Å². The van der Waals surface area contributed by atoms with Crippen molar-refractivity contribution >= 4 is 40.5 Å². The fraction of sp³-hybridized carbons (Fsp3) is 0.286. The maximum atomic E-state index is 13.2. The molecule has 0 bridgehead atoms. The summed E-state index contributed by atoms with van der Waals surface area (Å²) in [6, 6.07) is 21.2. The summed E-state index contributed by atoms with van der Waals surface area (Å²) < 4.78 is 5.83. The topological polar surface area (TPSA) is 96.2 Å². The number of hydrogen-bond donors (Lipinski definition) is 0. The van der Waals surface area contributed by atoms with E-state index in [1.165, 1.54) is 12.1 Å². The van der Waals surface area contributed by atoms with Gasteiger partial charge in [0.2, 0.25) is 11.8 Å². The van der Waals surface area contributed by atoms with Crippen LogP contribution < -0.4 is 14.5 Å². The molecule has 2 aliphatic heterocycles. The van der Waals surface area contributed by atoms with E-state index in [-0.39, 0.29) is 29.8 Å². The molecule has 3 aromatic rings. The number of nitro groups is 1. The van der Waals surface area contributed by atoms with Crippen molar-refractivity contribution in [1.82, 2.24) is 4.90 Å². The molecular formula is C28H27ClN4O5. The Morgan fingerprint density at radius 3 is 2.18 bits per heavy atom. The van der Waals surface area contributed by atoms with E-state index in [9.17, 15) is 19.7 Å². The van der Waals surface area contributed by atoms with Gasteiger partial charge in [0, 0.05) is 67.7 Å². The van der Waals surface area contributed by atoms with Crippen molar-refractivity contribution in [3.05, 3.63) is 93.5 Å². The molecule has 2 saturated heterocycles. The van der Waals surface area contributed by atoms with Gasteiger partial charge in [-0.15, -0.1) is 0 Å². The summed E-state index contributed by atoms with van der Waals surface area (Å²) in [6.45, 7) is 3.11. The first-order valence-electron chi connectivity index (χ1n) is 12.4. The Balaban J connectivity index is 1.13. The first kappa shape index (κ1) is 25.5. The van der Waals surface area contributed by atoms with Crippen molar-refractivity contribution in [3.8, 4) is 5.75 Å². The van der Waals surface area contributed by atoms with E-state index in [0.717, 1.165) is 16.9 Å². The molecule has 38 heavy (non-hydrogen) atoms. The third-order valence-electron chi connectivity index (χ3n) is 6.96. The highest BCUT2D eigenvalue weighted by molar-refractivity contribution is 6.30. The van der Waals surface area contributed by atoms with Gasteiger partial charge in [0.05, 0.1) is 10.8 Å². The maximum Gasteiger partial charge on any atom is 0.269 e. The second-order valence-corrected chi connectivity index (χ2v) is 9.84. The highest BCUT2D eigenvalue weighted by Crippen LogP contribution is 2.29. The third-order valence-corrected chi connectivity index (χ3v) is 7.21. The quantitative estimate of drug-likeness (QED) is 0.326. The zero-order valence-electron chi connectivity index (χ0n) is 20.7. The number of hydrogen-bond acceptors (Lipinski definition) is 6. The van der Waals surface area contributed by atoms with E-state index in [2.05, 4.69) is 4.90 Å². The molecule has 1 atom stereocenters. The van der Waals surface area contributed by atoms with E-state index in [1.807, 2.05) is 53.4 Å². The molecule has 0 N–H and O–H groups in total. The molecule has 2 heterocycles. The van der Waals surface area contributed by atoms with Crippen LogP contribution in [0.3, 0.4) is 0 Å². The number of halogens is 1. The summed E-state index contributed by atoms with van der Waals surface area (Å²) >= 11 is 5.92. The van der Waals surface area contributed by atoms with Crippen LogP contribution in [-0.4, -0.2) is 54.4 Å². The summed E-state index contributed by atoms with van der Waals surface area (Å²) in [5.74, 6) is 0.234. The fourth-order valence-corrected chi connectivity index (χ4v) is 4.95. The van der Waals surface area contributed by atoms with Crippen LogP contribution in [-0.2, 0) is 16.2 Å². The Hall–Kier alpha value is -4.11. The molecule has 196 valence electrons. The number of anilines is 2. The number of ether oxygens (including phenoxy) is 1. The number of benzene rings is 3. The zero-order valence-corrected chi connectivity index (χ0v) is 21.4. The Kier molecular flexibility index (Phi) is 7.46. The van der Waals surface area contributed by atoms with Gasteiger partial charge in [0.25, 0.3) is 5.69 Å². The minimum atomic E-state index is -0.419. The standard InChI is InChI=1S/C28H27ClN4O5/c29-22-3-1-20(2-4-22)19-38-26-11-9-24(10-12-26)32-18-21(17-27(32)34)28(35)31-15-13-30(14-16-31)23-5-7-25(8-6-23)33(36)37/h1-12,21H,13-19H2/t21-/m1/s1. The number of amides is 2. The van der Waals surface area contributed by atoms with Crippen LogP contribution in [0.25, 0.3) is 0 Å². The lowest BCUT2D eigenvalue weighted by molar-refractivity contribution is -0.384. The minimum Gasteiger partial charge on any atom is -0.489 e. The molecule has 2 aliphatic rings.